The van der Waals surface area contributed by atoms with E-state index < -0.39 is 0 Å². The molecule has 0 aliphatic carbocycles. The summed E-state index contributed by atoms with van der Waals surface area (Å²) >= 11 is 1.52. The molecule has 4 N–H and O–H groups in total. The Hall–Kier alpha value is -2.22. The van der Waals surface area contributed by atoms with Crippen LogP contribution in [0.25, 0.3) is 0 Å². The van der Waals surface area contributed by atoms with E-state index in [2.05, 4.69) is 20.3 Å². The van der Waals surface area contributed by atoms with E-state index in [4.69, 9.17) is 15.7 Å². The molecular formula is C11H13N5O2S. The topological polar surface area (TPSA) is 109 Å². The molecule has 1 heterocycles. The average molecular weight is 279 g/mol. The van der Waals surface area contributed by atoms with Crippen LogP contribution in [0.3, 0.4) is 0 Å². The number of rotatable bonds is 5. The molecule has 0 aliphatic rings. The lowest BCUT2D eigenvalue weighted by Gasteiger charge is -2.09. The van der Waals surface area contributed by atoms with Crippen LogP contribution in [0, 0.1) is 0 Å². The number of methoxy groups -OCH3 is 1. The summed E-state index contributed by atoms with van der Waals surface area (Å²) in [5.74, 6) is 1.29. The summed E-state index contributed by atoms with van der Waals surface area (Å²) in [4.78, 5) is 4.03. The molecule has 2 aromatic rings. The first kappa shape index (κ1) is 13.2. The number of oxime groups is 1. The van der Waals surface area contributed by atoms with Crippen molar-refractivity contribution in [1.29, 1.82) is 0 Å². The lowest BCUT2D eigenvalue weighted by atomic mass is 10.1. The van der Waals surface area contributed by atoms with Crippen molar-refractivity contribution in [2.24, 2.45) is 10.9 Å². The maximum Gasteiger partial charge on any atom is 0.183 e. The second-order valence-electron chi connectivity index (χ2n) is 3.60. The normalized spacial score (nSPS) is 11.5. The number of ether oxygens (including phenoxy) is 1. The Morgan fingerprint density at radius 2 is 2.42 bits per heavy atom. The summed E-state index contributed by atoms with van der Waals surface area (Å²) in [5, 5.41) is 19.0. The number of hydrogen-bond acceptors (Lipinski definition) is 6. The largest absolute Gasteiger partial charge is 0.496 e. The Balaban J connectivity index is 2.15. The van der Waals surface area contributed by atoms with E-state index in [0.29, 0.717) is 17.1 Å². The number of nitrogens with one attached hydrogen (secondary N) is 1. The molecule has 0 atom stereocenters. The van der Waals surface area contributed by atoms with Gasteiger partial charge in [0.2, 0.25) is 0 Å². The van der Waals surface area contributed by atoms with Crippen LogP contribution in [-0.4, -0.2) is 33.3 Å². The minimum absolute atomic E-state index is 0.0197. The van der Waals surface area contributed by atoms with Crippen molar-refractivity contribution in [3.8, 4) is 5.75 Å². The molecule has 2 rings (SSSR count). The van der Waals surface area contributed by atoms with Crippen LogP contribution < -0.4 is 10.5 Å². The quantitative estimate of drug-likeness (QED) is 0.249. The zero-order chi connectivity index (χ0) is 13.7. The Bertz CT molecular complexity index is 570. The van der Waals surface area contributed by atoms with Crippen LogP contribution in [0.5, 0.6) is 5.75 Å². The molecule has 0 fully saturated rings. The van der Waals surface area contributed by atoms with Crippen molar-refractivity contribution < 1.29 is 9.94 Å². The molecule has 1 aromatic carbocycles. The van der Waals surface area contributed by atoms with E-state index in [9.17, 15) is 0 Å². The van der Waals surface area contributed by atoms with E-state index in [1.807, 2.05) is 12.1 Å². The number of nitrogens with two attached hydrogens (primary N) is 1. The number of thioether (sulfide) groups is 1. The summed E-state index contributed by atoms with van der Waals surface area (Å²) in [6, 6.07) is 5.49. The maximum absolute atomic E-state index is 8.69. The fraction of sp³-hybridized carbons (Fsp3) is 0.182. The number of nitrogens with zero attached hydrogens (tertiary/aromatic N) is 3. The molecular weight excluding hydrogens is 266 g/mol. The monoisotopic (exact) mass is 279 g/mol. The second kappa shape index (κ2) is 6.10. The van der Waals surface area contributed by atoms with Crippen molar-refractivity contribution >= 4 is 17.6 Å². The van der Waals surface area contributed by atoms with E-state index in [0.717, 1.165) is 10.7 Å². The van der Waals surface area contributed by atoms with Crippen LogP contribution >= 0.6 is 11.8 Å². The van der Waals surface area contributed by atoms with Crippen molar-refractivity contribution in [2.75, 3.05) is 7.11 Å². The third-order valence-electron chi connectivity index (χ3n) is 2.42. The lowest BCUT2D eigenvalue weighted by Crippen LogP contribution is -2.14. The summed E-state index contributed by atoms with van der Waals surface area (Å²) in [7, 11) is 1.54. The molecule has 0 radical (unpaired) electrons. The van der Waals surface area contributed by atoms with Crippen LogP contribution in [-0.2, 0) is 5.75 Å². The number of benzene rings is 1. The van der Waals surface area contributed by atoms with Gasteiger partial charge in [-0.1, -0.05) is 23.0 Å². The summed E-state index contributed by atoms with van der Waals surface area (Å²) < 4.78 is 5.23. The standard InChI is InChI=1S/C11H13N5O2S/c1-18-9-4-7(2-3-8(9)10(12)16-17)5-19-11-13-6-14-15-11/h2-4,6,17H,5H2,1H3,(H2,12,16)(H,13,14,15). The van der Waals surface area contributed by atoms with Gasteiger partial charge in [0.1, 0.15) is 12.1 Å². The first-order valence-electron chi connectivity index (χ1n) is 5.37. The minimum atomic E-state index is 0.0197. The highest BCUT2D eigenvalue weighted by molar-refractivity contribution is 7.98. The van der Waals surface area contributed by atoms with Crippen LogP contribution in [0.15, 0.2) is 34.8 Å². The number of aromatic amines is 1. The molecule has 0 amide bonds. The predicted molar refractivity (Wildman–Crippen MR) is 71.4 cm³/mol. The van der Waals surface area contributed by atoms with Gasteiger partial charge >= 0.3 is 0 Å². The fourth-order valence-electron chi connectivity index (χ4n) is 1.51. The first-order valence-corrected chi connectivity index (χ1v) is 6.36. The number of amidine groups is 1. The van der Waals surface area contributed by atoms with Gasteiger partial charge in [-0.2, -0.15) is 5.10 Å². The number of H-pyrrole nitrogens is 1. The molecule has 19 heavy (non-hydrogen) atoms. The third-order valence-corrected chi connectivity index (χ3v) is 3.37. The average Bonchev–Trinajstić information content (AvgIpc) is 2.97. The molecule has 0 aliphatic heterocycles. The van der Waals surface area contributed by atoms with Crippen molar-refractivity contribution in [1.82, 2.24) is 15.2 Å². The lowest BCUT2D eigenvalue weighted by molar-refractivity contribution is 0.318. The van der Waals surface area contributed by atoms with Gasteiger partial charge in [0.05, 0.1) is 12.7 Å². The van der Waals surface area contributed by atoms with Crippen molar-refractivity contribution in [2.45, 2.75) is 10.9 Å². The Morgan fingerprint density at radius 3 is 3.05 bits per heavy atom. The van der Waals surface area contributed by atoms with Gasteiger partial charge in [-0.25, -0.2) is 4.98 Å². The number of aromatic nitrogens is 3. The zero-order valence-corrected chi connectivity index (χ0v) is 11.0. The van der Waals surface area contributed by atoms with E-state index in [-0.39, 0.29) is 5.84 Å². The van der Waals surface area contributed by atoms with Gasteiger partial charge < -0.3 is 15.7 Å². The summed E-state index contributed by atoms with van der Waals surface area (Å²) in [6.45, 7) is 0. The van der Waals surface area contributed by atoms with Crippen molar-refractivity contribution in [3.63, 3.8) is 0 Å². The fourth-order valence-corrected chi connectivity index (χ4v) is 2.23. The molecule has 100 valence electrons. The van der Waals surface area contributed by atoms with Gasteiger partial charge in [0, 0.05) is 5.75 Å². The SMILES string of the molecule is COc1cc(CSc2ncn[nH]2)ccc1/C(N)=N/O. The van der Waals surface area contributed by atoms with Gasteiger partial charge in [-0.05, 0) is 17.7 Å². The smallest absolute Gasteiger partial charge is 0.183 e. The van der Waals surface area contributed by atoms with Crippen LogP contribution in [0.2, 0.25) is 0 Å². The Morgan fingerprint density at radius 1 is 1.58 bits per heavy atom. The van der Waals surface area contributed by atoms with E-state index in [1.54, 1.807) is 6.07 Å². The highest BCUT2D eigenvalue weighted by Crippen LogP contribution is 2.24. The summed E-state index contributed by atoms with van der Waals surface area (Å²) in [6.07, 6.45) is 1.46. The number of hydrogen-bond donors (Lipinski definition) is 3. The van der Waals surface area contributed by atoms with Crippen LogP contribution in [0.4, 0.5) is 0 Å². The third kappa shape index (κ3) is 3.16. The first-order chi connectivity index (χ1) is 9.24. The molecule has 0 saturated carbocycles. The zero-order valence-electron chi connectivity index (χ0n) is 10.2. The maximum atomic E-state index is 8.69. The Kier molecular flexibility index (Phi) is 4.24. The van der Waals surface area contributed by atoms with Gasteiger partial charge in [-0.3, -0.25) is 5.10 Å². The molecule has 0 unspecified atom stereocenters. The predicted octanol–water partition coefficient (Wildman–Crippen LogP) is 1.20. The van der Waals surface area contributed by atoms with E-state index >= 15 is 0 Å². The van der Waals surface area contributed by atoms with Crippen LogP contribution in [0.1, 0.15) is 11.1 Å². The second-order valence-corrected chi connectivity index (χ2v) is 4.56. The molecule has 8 heteroatoms. The summed E-state index contributed by atoms with van der Waals surface area (Å²) in [5.41, 5.74) is 7.15. The van der Waals surface area contributed by atoms with Gasteiger partial charge in [0.25, 0.3) is 0 Å². The highest BCUT2D eigenvalue weighted by Gasteiger charge is 2.09. The highest BCUT2D eigenvalue weighted by atomic mass is 32.2. The minimum Gasteiger partial charge on any atom is -0.496 e. The molecule has 0 bridgehead atoms. The van der Waals surface area contributed by atoms with Gasteiger partial charge in [-0.15, -0.1) is 0 Å². The molecule has 1 aromatic heterocycles. The molecule has 0 spiro atoms. The van der Waals surface area contributed by atoms with Crippen molar-refractivity contribution in [3.05, 3.63) is 35.7 Å². The molecule has 7 nitrogen and oxygen atoms in total. The Labute approximate surface area is 113 Å². The van der Waals surface area contributed by atoms with Gasteiger partial charge in [0.15, 0.2) is 11.0 Å². The van der Waals surface area contributed by atoms with E-state index in [1.165, 1.54) is 25.2 Å². The molecule has 0 saturated heterocycles.